The second-order valence-corrected chi connectivity index (χ2v) is 8.61. The Morgan fingerprint density at radius 1 is 0.586 bits per heavy atom. The van der Waals surface area contributed by atoms with Crippen LogP contribution in [0.15, 0.2) is 124 Å². The van der Waals surface area contributed by atoms with Crippen molar-refractivity contribution in [1.29, 1.82) is 0 Å². The van der Waals surface area contributed by atoms with Gasteiger partial charge in [0.2, 0.25) is 0 Å². The lowest BCUT2D eigenvalue weighted by Gasteiger charge is -2.09. The van der Waals surface area contributed by atoms with E-state index in [0.29, 0.717) is 11.3 Å². The number of hydrogen-bond acceptors (Lipinski definition) is 2. The monoisotopic (exact) mass is 397 g/mol. The molecule has 0 radical (unpaired) electrons. The number of benzene rings is 4. The van der Waals surface area contributed by atoms with Crippen molar-refractivity contribution in [2.75, 3.05) is 0 Å². The van der Waals surface area contributed by atoms with Crippen LogP contribution in [0.4, 0.5) is 0 Å². The average molecular weight is 398 g/mol. The average Bonchev–Trinajstić information content (AvgIpc) is 2.77. The summed E-state index contributed by atoms with van der Waals surface area (Å²) < 4.78 is 5.95. The van der Waals surface area contributed by atoms with Gasteiger partial charge in [-0.3, -0.25) is 4.79 Å². The van der Waals surface area contributed by atoms with Crippen molar-refractivity contribution >= 4 is 16.7 Å². The van der Waals surface area contributed by atoms with Crippen LogP contribution in [-0.2, 0) is 10.9 Å². The van der Waals surface area contributed by atoms with Crippen LogP contribution in [-0.4, -0.2) is 5.78 Å². The van der Waals surface area contributed by atoms with Gasteiger partial charge in [-0.2, -0.15) is 0 Å². The quantitative estimate of drug-likeness (QED) is 0.265. The maximum Gasteiger partial charge on any atom is 0.166 e. The minimum atomic E-state index is -0.171. The molecule has 0 amide bonds. The first-order chi connectivity index (χ1) is 14.2. The highest BCUT2D eigenvalue weighted by molar-refractivity contribution is 7.97. The van der Waals surface area contributed by atoms with Gasteiger partial charge in [-0.05, 0) is 79.7 Å². The van der Waals surface area contributed by atoms with E-state index in [2.05, 4.69) is 60.7 Å². The number of hydrogen-bond donors (Lipinski definition) is 0. The summed E-state index contributed by atoms with van der Waals surface area (Å²) in [5.41, 5.74) is 0.683. The topological polar surface area (TPSA) is 26.3 Å². The van der Waals surface area contributed by atoms with Gasteiger partial charge in [0.25, 0.3) is 0 Å². The van der Waals surface area contributed by atoms with Crippen LogP contribution in [0, 0.1) is 0 Å². The Hall–Kier alpha value is -3.30. The summed E-state index contributed by atoms with van der Waals surface area (Å²) in [6.45, 7) is 1.56. The predicted molar refractivity (Wildman–Crippen MR) is 118 cm³/mol. The van der Waals surface area contributed by atoms with Crippen LogP contribution in [0.5, 0.6) is 11.5 Å². The van der Waals surface area contributed by atoms with Crippen molar-refractivity contribution in [3.8, 4) is 11.5 Å². The number of ether oxygens (including phenoxy) is 1. The molecule has 29 heavy (non-hydrogen) atoms. The predicted octanol–water partition coefficient (Wildman–Crippen LogP) is 6.78. The largest absolute Gasteiger partial charge is 0.457 e. The van der Waals surface area contributed by atoms with E-state index in [1.807, 2.05) is 36.4 Å². The first-order valence-corrected chi connectivity index (χ1v) is 10.7. The lowest BCUT2D eigenvalue weighted by atomic mass is 10.1. The Morgan fingerprint density at radius 3 is 1.45 bits per heavy atom. The molecule has 142 valence electrons. The highest BCUT2D eigenvalue weighted by atomic mass is 32.2. The number of carbonyl (C=O) groups is 1. The fourth-order valence-electron chi connectivity index (χ4n) is 3.06. The van der Waals surface area contributed by atoms with Gasteiger partial charge in [0, 0.05) is 5.56 Å². The van der Waals surface area contributed by atoms with Gasteiger partial charge in [-0.25, -0.2) is 0 Å². The van der Waals surface area contributed by atoms with Gasteiger partial charge < -0.3 is 4.74 Å². The summed E-state index contributed by atoms with van der Waals surface area (Å²) in [6, 6.07) is 36.6. The summed E-state index contributed by atoms with van der Waals surface area (Å²) in [4.78, 5) is 15.2. The molecule has 4 aromatic carbocycles. The molecule has 0 spiro atoms. The second kappa shape index (κ2) is 8.80. The maximum absolute atomic E-state index is 11.4. The van der Waals surface area contributed by atoms with Crippen LogP contribution >= 0.6 is 0 Å². The number of ketones is 1. The van der Waals surface area contributed by atoms with Crippen LogP contribution < -0.4 is 4.74 Å². The van der Waals surface area contributed by atoms with E-state index in [4.69, 9.17) is 4.74 Å². The van der Waals surface area contributed by atoms with E-state index in [0.717, 1.165) is 5.75 Å². The standard InChI is InChI=1S/C26H21O2S/c1-20(27)21-12-14-22(15-13-21)28-23-16-18-26(19-17-23)29(24-8-4-2-5-9-24)25-10-6-3-7-11-25/h2-19H,1H3/q+1. The molecule has 0 aliphatic heterocycles. The Kier molecular flexibility index (Phi) is 5.78. The number of carbonyl (C=O) groups excluding carboxylic acids is 1. The third-order valence-electron chi connectivity index (χ3n) is 4.51. The first-order valence-electron chi connectivity index (χ1n) is 9.44. The Labute approximate surface area is 174 Å². The van der Waals surface area contributed by atoms with Gasteiger partial charge >= 0.3 is 0 Å². The molecule has 0 atom stereocenters. The summed E-state index contributed by atoms with van der Waals surface area (Å²) in [5.74, 6) is 1.54. The Balaban J connectivity index is 1.60. The van der Waals surface area contributed by atoms with Gasteiger partial charge in [0.15, 0.2) is 20.5 Å². The van der Waals surface area contributed by atoms with E-state index in [-0.39, 0.29) is 16.7 Å². The summed E-state index contributed by atoms with van der Waals surface area (Å²) >= 11 is 0. The SMILES string of the molecule is CC(=O)c1ccc(Oc2ccc([S+](c3ccccc3)c3ccccc3)cc2)cc1. The van der Waals surface area contributed by atoms with Crippen molar-refractivity contribution in [1.82, 2.24) is 0 Å². The summed E-state index contributed by atoms with van der Waals surface area (Å²) in [5, 5.41) is 0. The van der Waals surface area contributed by atoms with E-state index in [1.165, 1.54) is 14.7 Å². The minimum Gasteiger partial charge on any atom is -0.457 e. The van der Waals surface area contributed by atoms with Crippen molar-refractivity contribution < 1.29 is 9.53 Å². The van der Waals surface area contributed by atoms with E-state index in [1.54, 1.807) is 19.1 Å². The van der Waals surface area contributed by atoms with Crippen LogP contribution in [0.2, 0.25) is 0 Å². The van der Waals surface area contributed by atoms with Crippen LogP contribution in [0.3, 0.4) is 0 Å². The fraction of sp³-hybridized carbons (Fsp3) is 0.0385. The van der Waals surface area contributed by atoms with Crippen molar-refractivity contribution in [2.45, 2.75) is 21.6 Å². The Bertz CT molecular complexity index is 1030. The highest BCUT2D eigenvalue weighted by Crippen LogP contribution is 2.32. The molecule has 0 aliphatic rings. The smallest absolute Gasteiger partial charge is 0.166 e. The molecule has 0 saturated heterocycles. The molecule has 0 N–H and O–H groups in total. The molecule has 0 unspecified atom stereocenters. The zero-order chi connectivity index (χ0) is 20.1. The maximum atomic E-state index is 11.4. The molecule has 0 bridgehead atoms. The molecule has 3 heteroatoms. The molecular formula is C26H21O2S+. The van der Waals surface area contributed by atoms with E-state index in [9.17, 15) is 4.79 Å². The molecule has 4 aromatic rings. The third kappa shape index (κ3) is 4.58. The number of Topliss-reactive ketones (excluding diaryl/α,β-unsaturated/α-hetero) is 1. The normalized spacial score (nSPS) is 10.7. The fourth-order valence-corrected chi connectivity index (χ4v) is 5.14. The highest BCUT2D eigenvalue weighted by Gasteiger charge is 2.28. The van der Waals surface area contributed by atoms with Gasteiger partial charge in [-0.15, -0.1) is 0 Å². The van der Waals surface area contributed by atoms with Crippen molar-refractivity contribution in [2.24, 2.45) is 0 Å². The van der Waals surface area contributed by atoms with Gasteiger partial charge in [0.1, 0.15) is 11.5 Å². The molecular weight excluding hydrogens is 376 g/mol. The van der Waals surface area contributed by atoms with Gasteiger partial charge in [0.05, 0.1) is 10.9 Å². The minimum absolute atomic E-state index is 0.0507. The third-order valence-corrected chi connectivity index (χ3v) is 6.74. The van der Waals surface area contributed by atoms with Crippen molar-refractivity contribution in [3.05, 3.63) is 115 Å². The van der Waals surface area contributed by atoms with E-state index >= 15 is 0 Å². The van der Waals surface area contributed by atoms with Gasteiger partial charge in [-0.1, -0.05) is 36.4 Å². The van der Waals surface area contributed by atoms with Crippen LogP contribution in [0.1, 0.15) is 17.3 Å². The zero-order valence-electron chi connectivity index (χ0n) is 16.1. The zero-order valence-corrected chi connectivity index (χ0v) is 16.9. The molecule has 4 rings (SSSR count). The molecule has 2 nitrogen and oxygen atoms in total. The summed E-state index contributed by atoms with van der Waals surface area (Å²) in [6.07, 6.45) is 0. The number of rotatable bonds is 6. The first kappa shape index (κ1) is 19.0. The lowest BCUT2D eigenvalue weighted by Crippen LogP contribution is -2.04. The lowest BCUT2D eigenvalue weighted by molar-refractivity contribution is 0.101. The van der Waals surface area contributed by atoms with Crippen LogP contribution in [0.25, 0.3) is 0 Å². The molecule has 0 fully saturated rings. The summed E-state index contributed by atoms with van der Waals surface area (Å²) in [7, 11) is -0.171. The molecule has 0 heterocycles. The molecule has 0 saturated carbocycles. The molecule has 0 aliphatic carbocycles. The van der Waals surface area contributed by atoms with E-state index < -0.39 is 0 Å². The second-order valence-electron chi connectivity index (χ2n) is 6.59. The Morgan fingerprint density at radius 2 is 1.00 bits per heavy atom. The van der Waals surface area contributed by atoms with Crippen molar-refractivity contribution in [3.63, 3.8) is 0 Å². The molecule has 0 aromatic heterocycles.